The van der Waals surface area contributed by atoms with Crippen LogP contribution in [-0.4, -0.2) is 13.0 Å². The molecular weight excluding hydrogens is 444 g/mol. The van der Waals surface area contributed by atoms with Crippen LogP contribution in [0.25, 0.3) is 0 Å². The summed E-state index contributed by atoms with van der Waals surface area (Å²) in [6.07, 6.45) is 2.86. The van der Waals surface area contributed by atoms with E-state index in [1.54, 1.807) is 18.4 Å². The molecule has 5 nitrogen and oxygen atoms in total. The van der Waals surface area contributed by atoms with Gasteiger partial charge in [0.2, 0.25) is 0 Å². The van der Waals surface area contributed by atoms with E-state index in [-0.39, 0.29) is 17.5 Å². The number of ether oxygens (including phenoxy) is 2. The number of benzene rings is 2. The Morgan fingerprint density at radius 2 is 1.85 bits per heavy atom. The van der Waals surface area contributed by atoms with Crippen molar-refractivity contribution in [3.63, 3.8) is 0 Å². The standard InChI is InChI=1S/C28H32N2O3S/c1-28(2,3)19-11-12-20-23(15-19)34-27-24(20)26(31)29-25(30-27)18-10-13-21(22(14-18)32-4)33-16-17-8-6-5-7-9-17/h5-10,13-14,19,25,30H,11-12,15-16H2,1-4H3,(H,29,31)/t19-,25+/m0/s1. The molecule has 2 atom stereocenters. The van der Waals surface area contributed by atoms with Crippen molar-refractivity contribution in [1.29, 1.82) is 0 Å². The number of amides is 1. The second-order valence-electron chi connectivity index (χ2n) is 10.2. The quantitative estimate of drug-likeness (QED) is 0.451. The van der Waals surface area contributed by atoms with E-state index in [0.29, 0.717) is 24.0 Å². The van der Waals surface area contributed by atoms with Crippen molar-refractivity contribution in [2.24, 2.45) is 11.3 Å². The number of carbonyl (C=O) groups excluding carboxylic acids is 1. The molecule has 2 heterocycles. The SMILES string of the molecule is COc1cc([C@@H]2NC(=O)c3c(sc4c3CC[C@H](C(C)(C)C)C4)N2)ccc1OCc1ccccc1. The molecule has 0 radical (unpaired) electrons. The monoisotopic (exact) mass is 476 g/mol. The molecule has 5 rings (SSSR count). The third-order valence-corrected chi connectivity index (χ3v) is 8.21. The van der Waals surface area contributed by atoms with Gasteiger partial charge in [0.15, 0.2) is 11.5 Å². The molecule has 3 aromatic rings. The molecule has 1 aromatic heterocycles. The van der Waals surface area contributed by atoms with Crippen LogP contribution < -0.4 is 20.1 Å². The van der Waals surface area contributed by atoms with Gasteiger partial charge in [0.1, 0.15) is 17.8 Å². The minimum absolute atomic E-state index is 0.00818. The molecule has 0 unspecified atom stereocenters. The van der Waals surface area contributed by atoms with E-state index in [9.17, 15) is 4.79 Å². The molecular formula is C28H32N2O3S. The van der Waals surface area contributed by atoms with Crippen molar-refractivity contribution in [2.75, 3.05) is 12.4 Å². The molecule has 2 N–H and O–H groups in total. The number of thiophene rings is 1. The fraction of sp³-hybridized carbons (Fsp3) is 0.393. The van der Waals surface area contributed by atoms with Gasteiger partial charge in [-0.15, -0.1) is 11.3 Å². The topological polar surface area (TPSA) is 59.6 Å². The maximum absolute atomic E-state index is 13.2. The van der Waals surface area contributed by atoms with E-state index in [1.165, 1.54) is 10.4 Å². The van der Waals surface area contributed by atoms with Gasteiger partial charge in [-0.3, -0.25) is 4.79 Å². The molecule has 0 bridgehead atoms. The first kappa shape index (κ1) is 22.8. The number of hydrogen-bond donors (Lipinski definition) is 2. The first-order valence-corrected chi connectivity index (χ1v) is 12.7. The molecule has 6 heteroatoms. The minimum Gasteiger partial charge on any atom is -0.493 e. The maximum atomic E-state index is 13.2. The predicted octanol–water partition coefficient (Wildman–Crippen LogP) is 6.34. The molecule has 0 fully saturated rings. The minimum atomic E-state index is -0.310. The van der Waals surface area contributed by atoms with Crippen LogP contribution >= 0.6 is 11.3 Å². The zero-order chi connectivity index (χ0) is 23.9. The van der Waals surface area contributed by atoms with Gasteiger partial charge in [-0.25, -0.2) is 0 Å². The number of carbonyl (C=O) groups is 1. The molecule has 1 aliphatic heterocycles. The lowest BCUT2D eigenvalue weighted by molar-refractivity contribution is 0.0934. The van der Waals surface area contributed by atoms with Gasteiger partial charge >= 0.3 is 0 Å². The molecule has 2 aromatic carbocycles. The van der Waals surface area contributed by atoms with E-state index >= 15 is 0 Å². The van der Waals surface area contributed by atoms with Gasteiger partial charge in [0.05, 0.1) is 12.7 Å². The van der Waals surface area contributed by atoms with Crippen molar-refractivity contribution < 1.29 is 14.3 Å². The molecule has 0 saturated carbocycles. The summed E-state index contributed by atoms with van der Waals surface area (Å²) in [6, 6.07) is 15.9. The highest BCUT2D eigenvalue weighted by molar-refractivity contribution is 7.16. The van der Waals surface area contributed by atoms with Crippen LogP contribution in [-0.2, 0) is 19.4 Å². The van der Waals surface area contributed by atoms with E-state index in [1.807, 2.05) is 48.5 Å². The zero-order valence-corrected chi connectivity index (χ0v) is 21.1. The Morgan fingerprint density at radius 3 is 2.59 bits per heavy atom. The number of anilines is 1. The Kier molecular flexibility index (Phi) is 6.02. The number of hydrogen-bond acceptors (Lipinski definition) is 5. The van der Waals surface area contributed by atoms with Gasteiger partial charge in [-0.1, -0.05) is 57.2 Å². The maximum Gasteiger partial charge on any atom is 0.256 e. The van der Waals surface area contributed by atoms with Crippen LogP contribution in [0.15, 0.2) is 48.5 Å². The summed E-state index contributed by atoms with van der Waals surface area (Å²) in [4.78, 5) is 14.5. The van der Waals surface area contributed by atoms with Gasteiger partial charge in [-0.05, 0) is 59.4 Å². The lowest BCUT2D eigenvalue weighted by Gasteiger charge is -2.34. The fourth-order valence-electron chi connectivity index (χ4n) is 4.92. The Labute approximate surface area is 205 Å². The van der Waals surface area contributed by atoms with Crippen molar-refractivity contribution in [2.45, 2.75) is 52.8 Å². The van der Waals surface area contributed by atoms with Crippen LogP contribution in [0, 0.1) is 11.3 Å². The second kappa shape index (κ2) is 8.99. The Bertz CT molecular complexity index is 1200. The lowest BCUT2D eigenvalue weighted by atomic mass is 9.72. The normalized spacial score (nSPS) is 19.5. The van der Waals surface area contributed by atoms with Crippen LogP contribution in [0.3, 0.4) is 0 Å². The molecule has 1 aliphatic carbocycles. The number of nitrogens with one attached hydrogen (secondary N) is 2. The second-order valence-corrected chi connectivity index (χ2v) is 11.4. The zero-order valence-electron chi connectivity index (χ0n) is 20.2. The van der Waals surface area contributed by atoms with Gasteiger partial charge in [-0.2, -0.15) is 0 Å². The summed E-state index contributed by atoms with van der Waals surface area (Å²) >= 11 is 1.75. The van der Waals surface area contributed by atoms with Gasteiger partial charge < -0.3 is 20.1 Å². The van der Waals surface area contributed by atoms with E-state index in [4.69, 9.17) is 9.47 Å². The summed E-state index contributed by atoms with van der Waals surface area (Å²) in [5, 5.41) is 7.71. The van der Waals surface area contributed by atoms with Crippen LogP contribution in [0.1, 0.15) is 65.3 Å². The molecule has 0 spiro atoms. The van der Waals surface area contributed by atoms with Crippen molar-refractivity contribution in [1.82, 2.24) is 5.32 Å². The summed E-state index contributed by atoms with van der Waals surface area (Å²) in [5.74, 6) is 1.98. The lowest BCUT2D eigenvalue weighted by Crippen LogP contribution is -2.38. The van der Waals surface area contributed by atoms with Crippen molar-refractivity contribution >= 4 is 22.2 Å². The average molecular weight is 477 g/mol. The smallest absolute Gasteiger partial charge is 0.256 e. The average Bonchev–Trinajstić information content (AvgIpc) is 3.21. The molecule has 1 amide bonds. The van der Waals surface area contributed by atoms with Crippen LogP contribution in [0.5, 0.6) is 11.5 Å². The fourth-order valence-corrected chi connectivity index (χ4v) is 6.28. The van der Waals surface area contributed by atoms with Crippen molar-refractivity contribution in [3.8, 4) is 11.5 Å². The van der Waals surface area contributed by atoms with Gasteiger partial charge in [0.25, 0.3) is 5.91 Å². The molecule has 34 heavy (non-hydrogen) atoms. The molecule has 178 valence electrons. The molecule has 0 saturated heterocycles. The summed E-state index contributed by atoms with van der Waals surface area (Å²) in [6.45, 7) is 7.42. The summed E-state index contributed by atoms with van der Waals surface area (Å²) < 4.78 is 11.6. The highest BCUT2D eigenvalue weighted by Crippen LogP contribution is 2.46. The Balaban J connectivity index is 1.35. The highest BCUT2D eigenvalue weighted by Gasteiger charge is 2.36. The number of fused-ring (bicyclic) bond motifs is 3. The number of methoxy groups -OCH3 is 1. The highest BCUT2D eigenvalue weighted by atomic mass is 32.1. The molecule has 2 aliphatic rings. The van der Waals surface area contributed by atoms with E-state index in [0.717, 1.165) is 41.0 Å². The van der Waals surface area contributed by atoms with Crippen LogP contribution in [0.4, 0.5) is 5.00 Å². The Hall–Kier alpha value is -2.99. The largest absolute Gasteiger partial charge is 0.493 e. The first-order valence-electron chi connectivity index (χ1n) is 11.9. The van der Waals surface area contributed by atoms with E-state index in [2.05, 4.69) is 31.4 Å². The summed E-state index contributed by atoms with van der Waals surface area (Å²) in [7, 11) is 1.64. The summed E-state index contributed by atoms with van der Waals surface area (Å²) in [5.41, 5.74) is 4.39. The van der Waals surface area contributed by atoms with Gasteiger partial charge in [0, 0.05) is 4.88 Å². The van der Waals surface area contributed by atoms with Crippen LogP contribution in [0.2, 0.25) is 0 Å². The third-order valence-electron chi connectivity index (χ3n) is 7.03. The van der Waals surface area contributed by atoms with Crippen molar-refractivity contribution in [3.05, 3.63) is 75.7 Å². The first-order chi connectivity index (χ1) is 16.3. The predicted molar refractivity (Wildman–Crippen MR) is 137 cm³/mol. The third kappa shape index (κ3) is 4.39. The Morgan fingerprint density at radius 1 is 1.06 bits per heavy atom. The van der Waals surface area contributed by atoms with E-state index < -0.39 is 0 Å². The number of rotatable bonds is 5.